The van der Waals surface area contributed by atoms with Gasteiger partial charge in [0, 0.05) is 5.69 Å². The molecule has 3 amide bonds. The van der Waals surface area contributed by atoms with Gasteiger partial charge in [-0.25, -0.2) is 9.58 Å². The zero-order valence-electron chi connectivity index (χ0n) is 16.6. The summed E-state index contributed by atoms with van der Waals surface area (Å²) in [5, 5.41) is 14.7. The number of carbonyl (C=O) groups excluding carboxylic acids is 3. The summed E-state index contributed by atoms with van der Waals surface area (Å²) in [6.45, 7) is 1.78. The molecule has 1 fully saturated rings. The van der Waals surface area contributed by atoms with Gasteiger partial charge in [-0.05, 0) is 60.5 Å². The molecular formula is C21H18N6O3S. The average molecular weight is 434 g/mol. The normalized spacial score (nSPS) is 16.4. The highest BCUT2D eigenvalue weighted by Crippen LogP contribution is 2.37. The van der Waals surface area contributed by atoms with Crippen LogP contribution in [0.4, 0.5) is 11.4 Å². The van der Waals surface area contributed by atoms with Crippen LogP contribution in [0.3, 0.4) is 0 Å². The fraction of sp³-hybridized carbons (Fsp3) is 0.238. The standard InChI is InChI=1S/C21H18N6O3S/c1-12(31-21-23-24-25-27(21)14-9-10-14)18(28)22-13-5-4-6-15(11-13)26-19(29)16-7-2-3-8-17(16)20(26)30/h2-8,11-12,14H,9-10H2,1H3,(H,22,28). The van der Waals surface area contributed by atoms with Crippen LogP contribution in [0.25, 0.3) is 0 Å². The van der Waals surface area contributed by atoms with Crippen molar-refractivity contribution in [3.63, 3.8) is 0 Å². The van der Waals surface area contributed by atoms with E-state index < -0.39 is 5.25 Å². The van der Waals surface area contributed by atoms with Gasteiger partial charge in [-0.2, -0.15) is 0 Å². The summed E-state index contributed by atoms with van der Waals surface area (Å²) < 4.78 is 1.76. The number of rotatable bonds is 6. The van der Waals surface area contributed by atoms with E-state index in [1.54, 1.807) is 60.1 Å². The van der Waals surface area contributed by atoms with Crippen molar-refractivity contribution in [3.05, 3.63) is 59.7 Å². The summed E-state index contributed by atoms with van der Waals surface area (Å²) in [5.41, 5.74) is 1.65. The largest absolute Gasteiger partial charge is 0.325 e. The van der Waals surface area contributed by atoms with Gasteiger partial charge in [-0.1, -0.05) is 30.0 Å². The Morgan fingerprint density at radius 3 is 2.48 bits per heavy atom. The van der Waals surface area contributed by atoms with Crippen LogP contribution < -0.4 is 10.2 Å². The third-order valence-corrected chi connectivity index (χ3v) is 6.22. The van der Waals surface area contributed by atoms with Crippen molar-refractivity contribution in [2.75, 3.05) is 10.2 Å². The van der Waals surface area contributed by atoms with Gasteiger partial charge in [0.05, 0.1) is 28.1 Å². The Balaban J connectivity index is 1.30. The fourth-order valence-electron chi connectivity index (χ4n) is 3.41. The van der Waals surface area contributed by atoms with Gasteiger partial charge >= 0.3 is 0 Å². The maximum Gasteiger partial charge on any atom is 0.266 e. The first-order valence-corrected chi connectivity index (χ1v) is 10.7. The first-order valence-electron chi connectivity index (χ1n) is 9.86. The highest BCUT2D eigenvalue weighted by atomic mass is 32.2. The molecule has 1 aliphatic carbocycles. The van der Waals surface area contributed by atoms with Crippen LogP contribution in [-0.2, 0) is 4.79 Å². The van der Waals surface area contributed by atoms with E-state index in [4.69, 9.17) is 0 Å². The predicted octanol–water partition coefficient (Wildman–Crippen LogP) is 2.93. The zero-order valence-corrected chi connectivity index (χ0v) is 17.4. The van der Waals surface area contributed by atoms with Gasteiger partial charge in [-0.15, -0.1) is 5.10 Å². The van der Waals surface area contributed by atoms with E-state index in [9.17, 15) is 14.4 Å². The number of carbonyl (C=O) groups is 3. The molecule has 2 heterocycles. The molecule has 1 saturated carbocycles. The van der Waals surface area contributed by atoms with Crippen LogP contribution in [0.1, 0.15) is 46.5 Å². The van der Waals surface area contributed by atoms with E-state index in [1.807, 2.05) is 0 Å². The quantitative estimate of drug-likeness (QED) is 0.469. The number of benzene rings is 2. The molecule has 0 saturated heterocycles. The molecule has 31 heavy (non-hydrogen) atoms. The number of aromatic nitrogens is 4. The number of anilines is 2. The summed E-state index contributed by atoms with van der Waals surface area (Å²) in [6, 6.07) is 13.7. The molecule has 1 aromatic heterocycles. The lowest BCUT2D eigenvalue weighted by Crippen LogP contribution is -2.29. The van der Waals surface area contributed by atoms with Crippen LogP contribution >= 0.6 is 11.8 Å². The number of amides is 3. The molecule has 0 bridgehead atoms. The molecule has 1 aliphatic heterocycles. The number of thioether (sulfide) groups is 1. The molecule has 1 unspecified atom stereocenters. The molecule has 2 aliphatic rings. The summed E-state index contributed by atoms with van der Waals surface area (Å²) in [6.07, 6.45) is 2.09. The van der Waals surface area contributed by atoms with Crippen LogP contribution in [-0.4, -0.2) is 43.2 Å². The Hall–Kier alpha value is -3.53. The predicted molar refractivity (Wildman–Crippen MR) is 114 cm³/mol. The minimum atomic E-state index is -0.438. The molecule has 9 nitrogen and oxygen atoms in total. The van der Waals surface area contributed by atoms with E-state index in [0.29, 0.717) is 33.7 Å². The van der Waals surface area contributed by atoms with Crippen LogP contribution in [0.2, 0.25) is 0 Å². The number of nitrogens with one attached hydrogen (secondary N) is 1. The summed E-state index contributed by atoms with van der Waals surface area (Å²) in [5.74, 6) is -0.977. The molecule has 10 heteroatoms. The maximum absolute atomic E-state index is 12.7. The van der Waals surface area contributed by atoms with Crippen molar-refractivity contribution >= 4 is 40.9 Å². The van der Waals surface area contributed by atoms with Gasteiger partial charge in [0.15, 0.2) is 0 Å². The molecule has 2 aromatic carbocycles. The summed E-state index contributed by atoms with van der Waals surface area (Å²) in [4.78, 5) is 39.3. The minimum absolute atomic E-state index is 0.227. The molecule has 0 radical (unpaired) electrons. The second kappa shape index (κ2) is 7.62. The number of hydrogen-bond acceptors (Lipinski definition) is 7. The lowest BCUT2D eigenvalue weighted by Gasteiger charge is -2.16. The van der Waals surface area contributed by atoms with Crippen molar-refractivity contribution in [2.45, 2.75) is 36.2 Å². The van der Waals surface area contributed by atoms with E-state index in [0.717, 1.165) is 17.7 Å². The Labute approximate surface area is 181 Å². The smallest absolute Gasteiger partial charge is 0.266 e. The van der Waals surface area contributed by atoms with Gasteiger partial charge in [0.1, 0.15) is 0 Å². The lowest BCUT2D eigenvalue weighted by molar-refractivity contribution is -0.115. The van der Waals surface area contributed by atoms with Gasteiger partial charge in [0.25, 0.3) is 11.8 Å². The fourth-order valence-corrected chi connectivity index (χ4v) is 4.27. The first-order chi connectivity index (χ1) is 15.0. The first kappa shape index (κ1) is 19.4. The lowest BCUT2D eigenvalue weighted by atomic mass is 10.1. The monoisotopic (exact) mass is 434 g/mol. The second-order valence-corrected chi connectivity index (χ2v) is 8.74. The third-order valence-electron chi connectivity index (χ3n) is 5.17. The van der Waals surface area contributed by atoms with Gasteiger partial charge < -0.3 is 5.32 Å². The van der Waals surface area contributed by atoms with Gasteiger partial charge in [0.2, 0.25) is 11.1 Å². The number of hydrogen-bond donors (Lipinski definition) is 1. The van der Waals surface area contributed by atoms with E-state index in [2.05, 4.69) is 20.8 Å². The average Bonchev–Trinajstić information content (AvgIpc) is 3.46. The number of fused-ring (bicyclic) bond motifs is 1. The highest BCUT2D eigenvalue weighted by molar-refractivity contribution is 8.00. The topological polar surface area (TPSA) is 110 Å². The van der Waals surface area contributed by atoms with Gasteiger partial charge in [-0.3, -0.25) is 14.4 Å². The van der Waals surface area contributed by atoms with Crippen molar-refractivity contribution in [1.29, 1.82) is 0 Å². The third kappa shape index (κ3) is 3.59. The Morgan fingerprint density at radius 1 is 1.10 bits per heavy atom. The zero-order chi connectivity index (χ0) is 21.5. The maximum atomic E-state index is 12.7. The molecular weight excluding hydrogens is 416 g/mol. The van der Waals surface area contributed by atoms with E-state index >= 15 is 0 Å². The second-order valence-electron chi connectivity index (χ2n) is 7.43. The Morgan fingerprint density at radius 2 is 1.81 bits per heavy atom. The number of tetrazole rings is 1. The molecule has 1 N–H and O–H groups in total. The molecule has 5 rings (SSSR count). The molecule has 0 spiro atoms. The molecule has 3 aromatic rings. The van der Waals surface area contributed by atoms with E-state index in [1.165, 1.54) is 11.8 Å². The van der Waals surface area contributed by atoms with E-state index in [-0.39, 0.29) is 17.7 Å². The SMILES string of the molecule is CC(Sc1nnnn1C1CC1)C(=O)Nc1cccc(N2C(=O)c3ccccc3C2=O)c1. The Bertz CT molecular complexity index is 1170. The van der Waals surface area contributed by atoms with Crippen molar-refractivity contribution in [3.8, 4) is 0 Å². The van der Waals surface area contributed by atoms with Crippen LogP contribution in [0.15, 0.2) is 53.7 Å². The molecule has 1 atom stereocenters. The molecule has 156 valence electrons. The number of nitrogens with zero attached hydrogens (tertiary/aromatic N) is 5. The Kier molecular flexibility index (Phi) is 4.78. The summed E-state index contributed by atoms with van der Waals surface area (Å²) in [7, 11) is 0. The summed E-state index contributed by atoms with van der Waals surface area (Å²) >= 11 is 1.29. The van der Waals surface area contributed by atoms with Crippen LogP contribution in [0.5, 0.6) is 0 Å². The minimum Gasteiger partial charge on any atom is -0.325 e. The van der Waals surface area contributed by atoms with Crippen molar-refractivity contribution < 1.29 is 14.4 Å². The van der Waals surface area contributed by atoms with Crippen molar-refractivity contribution in [2.24, 2.45) is 0 Å². The highest BCUT2D eigenvalue weighted by Gasteiger charge is 2.36. The van der Waals surface area contributed by atoms with Crippen molar-refractivity contribution in [1.82, 2.24) is 20.2 Å². The van der Waals surface area contributed by atoms with Crippen LogP contribution in [0, 0.1) is 0 Å². The number of imide groups is 1.